The summed E-state index contributed by atoms with van der Waals surface area (Å²) in [7, 11) is 0. The van der Waals surface area contributed by atoms with Gasteiger partial charge in [0, 0.05) is 18.6 Å². The van der Waals surface area contributed by atoms with Crippen LogP contribution >= 0.6 is 0 Å². The molecule has 1 N–H and O–H groups in total. The van der Waals surface area contributed by atoms with Gasteiger partial charge >= 0.3 is 0 Å². The van der Waals surface area contributed by atoms with E-state index in [4.69, 9.17) is 0 Å². The van der Waals surface area contributed by atoms with E-state index in [2.05, 4.69) is 20.5 Å². The molecule has 0 atom stereocenters. The summed E-state index contributed by atoms with van der Waals surface area (Å²) in [6.45, 7) is 0. The highest BCUT2D eigenvalue weighted by atomic mass is 19.1. The zero-order chi connectivity index (χ0) is 17.9. The minimum atomic E-state index is -0.401. The molecule has 0 spiro atoms. The fraction of sp³-hybridized carbons (Fsp3) is 0. The van der Waals surface area contributed by atoms with Gasteiger partial charge in [-0.15, -0.1) is 0 Å². The van der Waals surface area contributed by atoms with E-state index in [0.717, 1.165) is 5.69 Å². The first-order valence-electron chi connectivity index (χ1n) is 7.78. The van der Waals surface area contributed by atoms with Gasteiger partial charge in [0.1, 0.15) is 17.2 Å². The highest BCUT2D eigenvalue weighted by Gasteiger charge is 2.12. The molecule has 1 aromatic carbocycles. The van der Waals surface area contributed by atoms with E-state index in [0.29, 0.717) is 11.4 Å². The quantitative estimate of drug-likeness (QED) is 0.615. The lowest BCUT2D eigenvalue weighted by atomic mass is 10.3. The molecule has 0 saturated heterocycles. The molecule has 3 aromatic heterocycles. The highest BCUT2D eigenvalue weighted by Crippen LogP contribution is 2.16. The Morgan fingerprint density at radius 1 is 1.04 bits per heavy atom. The Bertz CT molecular complexity index is 1060. The van der Waals surface area contributed by atoms with Gasteiger partial charge in [0.15, 0.2) is 0 Å². The van der Waals surface area contributed by atoms with E-state index in [1.165, 1.54) is 29.3 Å². The number of rotatable bonds is 4. The fourth-order valence-electron chi connectivity index (χ4n) is 2.46. The van der Waals surface area contributed by atoms with Crippen molar-refractivity contribution in [2.24, 2.45) is 0 Å². The molecule has 3 heterocycles. The molecule has 0 aliphatic carbocycles. The summed E-state index contributed by atoms with van der Waals surface area (Å²) in [4.78, 5) is 16.5. The number of para-hydroxylation sites is 1. The molecule has 0 fully saturated rings. The van der Waals surface area contributed by atoms with Crippen LogP contribution in [0.2, 0.25) is 0 Å². The molecule has 4 aromatic rings. The SMILES string of the molecule is O=C(Nc1cnn(-c2ccccc2F)c1)c1cc(-n2cccn2)ccn1. The third-order valence-corrected chi connectivity index (χ3v) is 3.68. The van der Waals surface area contributed by atoms with Crippen LogP contribution in [-0.2, 0) is 0 Å². The second-order valence-corrected chi connectivity index (χ2v) is 5.43. The van der Waals surface area contributed by atoms with Crippen LogP contribution in [0.25, 0.3) is 11.4 Å². The first kappa shape index (κ1) is 15.7. The van der Waals surface area contributed by atoms with Gasteiger partial charge in [0.25, 0.3) is 5.91 Å². The molecule has 0 unspecified atom stereocenters. The maximum absolute atomic E-state index is 13.8. The van der Waals surface area contributed by atoms with Crippen molar-refractivity contribution in [2.45, 2.75) is 0 Å². The minimum absolute atomic E-state index is 0.233. The Morgan fingerprint density at radius 3 is 2.73 bits per heavy atom. The van der Waals surface area contributed by atoms with Gasteiger partial charge < -0.3 is 5.32 Å². The summed E-state index contributed by atoms with van der Waals surface area (Å²) < 4.78 is 16.8. The number of hydrogen-bond acceptors (Lipinski definition) is 4. The Labute approximate surface area is 147 Å². The summed E-state index contributed by atoms with van der Waals surface area (Å²) in [6.07, 6.45) is 7.94. The fourth-order valence-corrected chi connectivity index (χ4v) is 2.46. The van der Waals surface area contributed by atoms with Crippen LogP contribution < -0.4 is 5.32 Å². The Balaban J connectivity index is 1.54. The van der Waals surface area contributed by atoms with Crippen molar-refractivity contribution in [1.29, 1.82) is 0 Å². The van der Waals surface area contributed by atoms with Crippen molar-refractivity contribution >= 4 is 11.6 Å². The maximum Gasteiger partial charge on any atom is 0.274 e. The van der Waals surface area contributed by atoms with Gasteiger partial charge in [-0.05, 0) is 30.3 Å². The average Bonchev–Trinajstić information content (AvgIpc) is 3.34. The Morgan fingerprint density at radius 2 is 1.92 bits per heavy atom. The lowest BCUT2D eigenvalue weighted by molar-refractivity contribution is 0.102. The van der Waals surface area contributed by atoms with Crippen LogP contribution in [-0.4, -0.2) is 30.5 Å². The predicted octanol–water partition coefficient (Wildman–Crippen LogP) is 2.84. The van der Waals surface area contributed by atoms with E-state index in [-0.39, 0.29) is 5.69 Å². The first-order chi connectivity index (χ1) is 12.7. The molecule has 128 valence electrons. The molecule has 0 bridgehead atoms. The second-order valence-electron chi connectivity index (χ2n) is 5.43. The van der Waals surface area contributed by atoms with Crippen molar-refractivity contribution < 1.29 is 9.18 Å². The van der Waals surface area contributed by atoms with Crippen LogP contribution in [0.5, 0.6) is 0 Å². The number of nitrogens with one attached hydrogen (secondary N) is 1. The van der Waals surface area contributed by atoms with Crippen molar-refractivity contribution in [1.82, 2.24) is 24.5 Å². The third-order valence-electron chi connectivity index (χ3n) is 3.68. The Kier molecular flexibility index (Phi) is 3.98. The molecule has 4 rings (SSSR count). The summed E-state index contributed by atoms with van der Waals surface area (Å²) in [5, 5.41) is 10.9. The van der Waals surface area contributed by atoms with Gasteiger partial charge in [-0.2, -0.15) is 10.2 Å². The maximum atomic E-state index is 13.8. The van der Waals surface area contributed by atoms with E-state index in [9.17, 15) is 9.18 Å². The van der Waals surface area contributed by atoms with E-state index >= 15 is 0 Å². The van der Waals surface area contributed by atoms with E-state index in [1.807, 2.05) is 0 Å². The zero-order valence-corrected chi connectivity index (χ0v) is 13.5. The first-order valence-corrected chi connectivity index (χ1v) is 7.78. The molecule has 0 saturated carbocycles. The van der Waals surface area contributed by atoms with Gasteiger partial charge in [0.2, 0.25) is 0 Å². The smallest absolute Gasteiger partial charge is 0.274 e. The van der Waals surface area contributed by atoms with E-state index in [1.54, 1.807) is 53.5 Å². The summed E-state index contributed by atoms with van der Waals surface area (Å²) in [5.41, 5.74) is 1.69. The van der Waals surface area contributed by atoms with Gasteiger partial charge in [-0.25, -0.2) is 13.8 Å². The largest absolute Gasteiger partial charge is 0.318 e. The number of halogens is 1. The van der Waals surface area contributed by atoms with Gasteiger partial charge in [-0.1, -0.05) is 12.1 Å². The lowest BCUT2D eigenvalue weighted by Crippen LogP contribution is -2.14. The van der Waals surface area contributed by atoms with Crippen LogP contribution in [0.1, 0.15) is 10.5 Å². The standard InChI is InChI=1S/C18H13FN6O/c19-15-4-1-2-5-17(15)25-12-13(11-22-25)23-18(26)16-10-14(6-8-20-16)24-9-3-7-21-24/h1-12H,(H,23,26). The normalized spacial score (nSPS) is 10.7. The average molecular weight is 348 g/mol. The monoisotopic (exact) mass is 348 g/mol. The van der Waals surface area contributed by atoms with Gasteiger partial charge in [-0.3, -0.25) is 9.78 Å². The second kappa shape index (κ2) is 6.60. The van der Waals surface area contributed by atoms with Crippen LogP contribution in [0.4, 0.5) is 10.1 Å². The summed E-state index contributed by atoms with van der Waals surface area (Å²) >= 11 is 0. The number of benzene rings is 1. The van der Waals surface area contributed by atoms with Crippen molar-refractivity contribution in [2.75, 3.05) is 5.32 Å². The lowest BCUT2D eigenvalue weighted by Gasteiger charge is -2.05. The van der Waals surface area contributed by atoms with Crippen LogP contribution in [0.3, 0.4) is 0 Å². The van der Waals surface area contributed by atoms with Crippen molar-refractivity contribution in [3.8, 4) is 11.4 Å². The number of amides is 1. The molecule has 0 radical (unpaired) electrons. The van der Waals surface area contributed by atoms with Crippen LogP contribution in [0.15, 0.2) is 73.4 Å². The number of pyridine rings is 1. The zero-order valence-electron chi connectivity index (χ0n) is 13.5. The number of nitrogens with zero attached hydrogens (tertiary/aromatic N) is 5. The molecule has 26 heavy (non-hydrogen) atoms. The van der Waals surface area contributed by atoms with E-state index < -0.39 is 11.7 Å². The summed E-state index contributed by atoms with van der Waals surface area (Å²) in [5.74, 6) is -0.797. The predicted molar refractivity (Wildman–Crippen MR) is 92.8 cm³/mol. The molecule has 0 aliphatic heterocycles. The number of carbonyl (C=O) groups is 1. The molecule has 0 aliphatic rings. The minimum Gasteiger partial charge on any atom is -0.318 e. The van der Waals surface area contributed by atoms with Crippen LogP contribution in [0, 0.1) is 5.82 Å². The molecule has 1 amide bonds. The molecular formula is C18H13FN6O. The summed E-state index contributed by atoms with van der Waals surface area (Å²) in [6, 6.07) is 11.4. The topological polar surface area (TPSA) is 77.6 Å². The van der Waals surface area contributed by atoms with Crippen molar-refractivity contribution in [3.05, 3.63) is 85.0 Å². The number of anilines is 1. The molecule has 8 heteroatoms. The molecular weight excluding hydrogens is 335 g/mol. The number of carbonyl (C=O) groups excluding carboxylic acids is 1. The number of hydrogen-bond donors (Lipinski definition) is 1. The third kappa shape index (κ3) is 3.07. The number of aromatic nitrogens is 5. The Hall–Kier alpha value is -3.81. The highest BCUT2D eigenvalue weighted by molar-refractivity contribution is 6.03. The van der Waals surface area contributed by atoms with Gasteiger partial charge in [0.05, 0.1) is 23.8 Å². The van der Waals surface area contributed by atoms with Crippen molar-refractivity contribution in [3.63, 3.8) is 0 Å². The molecule has 7 nitrogen and oxygen atoms in total.